The van der Waals surface area contributed by atoms with Gasteiger partial charge >= 0.3 is 0 Å². The van der Waals surface area contributed by atoms with E-state index in [9.17, 15) is 0 Å². The zero-order valence-corrected chi connectivity index (χ0v) is 23.9. The van der Waals surface area contributed by atoms with Gasteiger partial charge in [-0.25, -0.2) is 0 Å². The van der Waals surface area contributed by atoms with E-state index in [-0.39, 0.29) is 0 Å². The van der Waals surface area contributed by atoms with E-state index < -0.39 is 0 Å². The van der Waals surface area contributed by atoms with Crippen LogP contribution in [-0.2, 0) is 0 Å². The summed E-state index contributed by atoms with van der Waals surface area (Å²) in [7, 11) is 0. The van der Waals surface area contributed by atoms with Crippen LogP contribution in [0.15, 0.2) is 133 Å². The third-order valence-electron chi connectivity index (χ3n) is 8.94. The molecule has 8 rings (SSSR count). The van der Waals surface area contributed by atoms with E-state index in [4.69, 9.17) is 0 Å². The fourth-order valence-corrected chi connectivity index (χ4v) is 6.97. The molecule has 0 spiro atoms. The molecule has 0 aliphatic heterocycles. The van der Waals surface area contributed by atoms with Crippen molar-refractivity contribution in [3.05, 3.63) is 144 Å². The van der Waals surface area contributed by atoms with Gasteiger partial charge in [0.1, 0.15) is 0 Å². The number of benzene rings is 8. The predicted molar refractivity (Wildman–Crippen MR) is 184 cm³/mol. The van der Waals surface area contributed by atoms with Crippen molar-refractivity contribution in [2.45, 2.75) is 13.8 Å². The van der Waals surface area contributed by atoms with Gasteiger partial charge in [-0.1, -0.05) is 127 Å². The Labute approximate surface area is 245 Å². The van der Waals surface area contributed by atoms with Crippen LogP contribution < -0.4 is 10.4 Å². The van der Waals surface area contributed by atoms with Gasteiger partial charge < -0.3 is 0 Å². The molecule has 0 aromatic heterocycles. The molecule has 0 heterocycles. The molecule has 0 radical (unpaired) electrons. The maximum absolute atomic E-state index is 2.36. The summed E-state index contributed by atoms with van der Waals surface area (Å²) in [5, 5.41) is 15.4. The highest BCUT2D eigenvalue weighted by atomic mass is 14.2. The van der Waals surface area contributed by atoms with Gasteiger partial charge in [-0.15, -0.1) is 0 Å². The molecule has 0 nitrogen and oxygen atoms in total. The monoisotopic (exact) mass is 534 g/mol. The summed E-state index contributed by atoms with van der Waals surface area (Å²) in [6, 6.07) is 49.5. The molecule has 198 valence electrons. The lowest BCUT2D eigenvalue weighted by atomic mass is 9.84. The number of fused-ring (bicyclic) bond motifs is 6. The van der Waals surface area contributed by atoms with Gasteiger partial charge in [-0.2, -0.15) is 0 Å². The van der Waals surface area contributed by atoms with Crippen molar-refractivity contribution in [1.82, 2.24) is 0 Å². The van der Waals surface area contributed by atoms with E-state index in [0.29, 0.717) is 0 Å². The van der Waals surface area contributed by atoms with Crippen LogP contribution in [0.2, 0.25) is 0 Å². The van der Waals surface area contributed by atoms with Crippen molar-refractivity contribution in [2.75, 3.05) is 0 Å². The van der Waals surface area contributed by atoms with Crippen LogP contribution in [0.25, 0.3) is 88.3 Å². The van der Waals surface area contributed by atoms with Gasteiger partial charge in [-0.05, 0) is 119 Å². The van der Waals surface area contributed by atoms with Gasteiger partial charge in [0.15, 0.2) is 0 Å². The molecule has 42 heavy (non-hydrogen) atoms. The fourth-order valence-electron chi connectivity index (χ4n) is 6.97. The van der Waals surface area contributed by atoms with E-state index in [1.54, 1.807) is 0 Å². The molecule has 0 atom stereocenters. The molecule has 0 amide bonds. The molecule has 0 fully saturated rings. The summed E-state index contributed by atoms with van der Waals surface area (Å²) >= 11 is 0. The van der Waals surface area contributed by atoms with Crippen molar-refractivity contribution in [1.29, 1.82) is 0 Å². The smallest absolute Gasteiger partial charge is 0.00201 e. The molecule has 0 N–H and O–H groups in total. The third-order valence-corrected chi connectivity index (χ3v) is 8.94. The Morgan fingerprint density at radius 1 is 0.357 bits per heavy atom. The zero-order chi connectivity index (χ0) is 28.2. The number of hydrogen-bond acceptors (Lipinski definition) is 0. The lowest BCUT2D eigenvalue weighted by molar-refractivity contribution is 1.49. The quantitative estimate of drug-likeness (QED) is 0.153. The highest BCUT2D eigenvalue weighted by molar-refractivity contribution is 6.25. The number of rotatable bonds is 2. The van der Waals surface area contributed by atoms with Crippen LogP contribution in [-0.4, -0.2) is 0 Å². The summed E-state index contributed by atoms with van der Waals surface area (Å²) in [5.74, 6) is 0. The summed E-state index contributed by atoms with van der Waals surface area (Å²) in [6.45, 7) is 4.23. The minimum Gasteiger partial charge on any atom is -0.0798 e. The molecule has 8 aromatic carbocycles. The second-order valence-electron chi connectivity index (χ2n) is 11.1. The van der Waals surface area contributed by atoms with Crippen LogP contribution >= 0.6 is 0 Å². The molecule has 0 aliphatic carbocycles. The summed E-state index contributed by atoms with van der Waals surface area (Å²) in [6.07, 6.45) is 4.40. The van der Waals surface area contributed by atoms with Crippen LogP contribution in [0.1, 0.15) is 13.8 Å². The molecular weight excluding hydrogens is 504 g/mol. The predicted octanol–water partition coefficient (Wildman–Crippen LogP) is 10.4. The van der Waals surface area contributed by atoms with Crippen LogP contribution in [0, 0.1) is 0 Å². The molecule has 0 bridgehead atoms. The van der Waals surface area contributed by atoms with Crippen LogP contribution in [0.3, 0.4) is 0 Å². The molecule has 0 aliphatic rings. The second-order valence-corrected chi connectivity index (χ2v) is 11.1. The Morgan fingerprint density at radius 2 is 0.952 bits per heavy atom. The Kier molecular flexibility index (Phi) is 5.69. The van der Waals surface area contributed by atoms with Crippen LogP contribution in [0.5, 0.6) is 0 Å². The zero-order valence-electron chi connectivity index (χ0n) is 23.9. The first kappa shape index (κ1) is 24.6. The normalized spacial score (nSPS) is 12.8. The van der Waals surface area contributed by atoms with Gasteiger partial charge in [0.05, 0.1) is 0 Å². The summed E-state index contributed by atoms with van der Waals surface area (Å²) < 4.78 is 0. The summed E-state index contributed by atoms with van der Waals surface area (Å²) in [5.41, 5.74) is 5.13. The van der Waals surface area contributed by atoms with E-state index in [0.717, 1.165) is 0 Å². The summed E-state index contributed by atoms with van der Waals surface area (Å²) in [4.78, 5) is 0. The Morgan fingerprint density at radius 3 is 1.62 bits per heavy atom. The lowest BCUT2D eigenvalue weighted by Gasteiger charge is -2.19. The molecule has 0 heteroatoms. The van der Waals surface area contributed by atoms with Gasteiger partial charge in [0, 0.05) is 0 Å². The van der Waals surface area contributed by atoms with Crippen molar-refractivity contribution in [3.63, 3.8) is 0 Å². The fraction of sp³-hybridized carbons (Fsp3) is 0.0476. The minimum atomic E-state index is 1.25. The molecular formula is C42H30. The lowest BCUT2D eigenvalue weighted by Crippen LogP contribution is -2.23. The van der Waals surface area contributed by atoms with E-state index >= 15 is 0 Å². The standard InChI is InChI=1S/C42H30/c1-3-27-20-21-32(24-28(27)4-2)41-36-14-7-9-16-38(36)42(39-17-10-8-15-37(39)41)35-19-11-18-33-34(35)23-22-31-25-29-12-5-6-13-30(29)26-40(31)33/h3-26H,1-2H3/b27-3-,28-4-. The third kappa shape index (κ3) is 3.69. The van der Waals surface area contributed by atoms with Crippen molar-refractivity contribution >= 4 is 66.0 Å². The first-order valence-electron chi connectivity index (χ1n) is 14.8. The molecule has 0 saturated carbocycles. The van der Waals surface area contributed by atoms with E-state index in [2.05, 4.69) is 159 Å². The van der Waals surface area contributed by atoms with Gasteiger partial charge in [0.2, 0.25) is 0 Å². The Hall–Kier alpha value is -5.20. The SMILES string of the molecule is C/C=c1/ccc(-c2c3ccccc3c(-c3cccc4c3ccc3cc5ccccc5cc34)c3ccccc23)c/c1=C/C. The van der Waals surface area contributed by atoms with Crippen molar-refractivity contribution in [3.8, 4) is 22.3 Å². The molecule has 8 aromatic rings. The topological polar surface area (TPSA) is 0 Å². The number of hydrogen-bond donors (Lipinski definition) is 0. The largest absolute Gasteiger partial charge is 0.0798 e. The molecule has 0 saturated heterocycles. The maximum Gasteiger partial charge on any atom is -0.00201 e. The minimum absolute atomic E-state index is 1.25. The second kappa shape index (κ2) is 9.72. The van der Waals surface area contributed by atoms with E-state index in [1.807, 2.05) is 0 Å². The molecule has 0 unspecified atom stereocenters. The Balaban J connectivity index is 1.50. The van der Waals surface area contributed by atoms with Gasteiger partial charge in [-0.3, -0.25) is 0 Å². The first-order valence-corrected chi connectivity index (χ1v) is 14.8. The van der Waals surface area contributed by atoms with E-state index in [1.165, 1.54) is 86.6 Å². The average molecular weight is 535 g/mol. The maximum atomic E-state index is 2.36. The van der Waals surface area contributed by atoms with Crippen molar-refractivity contribution in [2.24, 2.45) is 0 Å². The highest BCUT2D eigenvalue weighted by Gasteiger charge is 2.18. The van der Waals surface area contributed by atoms with Gasteiger partial charge in [0.25, 0.3) is 0 Å². The Bertz CT molecular complexity index is 2420. The van der Waals surface area contributed by atoms with Crippen molar-refractivity contribution < 1.29 is 0 Å². The van der Waals surface area contributed by atoms with Crippen LogP contribution in [0.4, 0.5) is 0 Å². The average Bonchev–Trinajstić information content (AvgIpc) is 3.05. The first-order chi connectivity index (χ1) is 20.7. The highest BCUT2D eigenvalue weighted by Crippen LogP contribution is 2.45.